The molecule has 0 aliphatic carbocycles. The second-order valence-electron chi connectivity index (χ2n) is 2.40. The zero-order valence-corrected chi connectivity index (χ0v) is 6.93. The molecule has 6 heteroatoms. The monoisotopic (exact) mass is 184 g/mol. The zero-order chi connectivity index (χ0) is 10.0. The molecule has 70 valence electrons. The fraction of sp³-hybridized carbons (Fsp3) is 0.286. The van der Waals surface area contributed by atoms with E-state index in [0.717, 1.165) is 0 Å². The third kappa shape index (κ3) is 1.51. The lowest BCUT2D eigenvalue weighted by atomic mass is 10.4. The van der Waals surface area contributed by atoms with Gasteiger partial charge in [0.2, 0.25) is 5.69 Å². The van der Waals surface area contributed by atoms with Crippen LogP contribution < -0.4 is 0 Å². The Morgan fingerprint density at radius 3 is 2.77 bits per heavy atom. The Bertz CT molecular complexity index is 355. The number of aromatic carboxylic acids is 1. The SMILES string of the molecule is CCn1ccc([N+](=O)[O-])c1C(=O)O. The molecular weight excluding hydrogens is 176 g/mol. The summed E-state index contributed by atoms with van der Waals surface area (Å²) in [6, 6.07) is 1.19. The molecule has 1 rings (SSSR count). The molecule has 0 unspecified atom stereocenters. The maximum Gasteiger partial charge on any atom is 0.359 e. The van der Waals surface area contributed by atoms with Crippen molar-refractivity contribution in [3.05, 3.63) is 28.1 Å². The highest BCUT2D eigenvalue weighted by Gasteiger charge is 2.23. The minimum absolute atomic E-state index is 0.271. The lowest BCUT2D eigenvalue weighted by Gasteiger charge is -1.99. The summed E-state index contributed by atoms with van der Waals surface area (Å²) in [6.07, 6.45) is 1.39. The average Bonchev–Trinajstić information content (AvgIpc) is 2.46. The third-order valence-corrected chi connectivity index (χ3v) is 1.68. The van der Waals surface area contributed by atoms with E-state index in [0.29, 0.717) is 6.54 Å². The minimum atomic E-state index is -1.28. The Morgan fingerprint density at radius 1 is 1.77 bits per heavy atom. The highest BCUT2D eigenvalue weighted by Crippen LogP contribution is 2.19. The van der Waals surface area contributed by atoms with Crippen LogP contribution in [0.4, 0.5) is 5.69 Å². The number of carboxylic acids is 1. The normalized spacial score (nSPS) is 9.92. The largest absolute Gasteiger partial charge is 0.476 e. The molecule has 1 aromatic rings. The van der Waals surface area contributed by atoms with Crippen molar-refractivity contribution < 1.29 is 14.8 Å². The van der Waals surface area contributed by atoms with Crippen molar-refractivity contribution in [3.8, 4) is 0 Å². The Hall–Kier alpha value is -1.85. The molecule has 0 saturated carbocycles. The van der Waals surface area contributed by atoms with Crippen LogP contribution in [0.2, 0.25) is 0 Å². The molecule has 0 radical (unpaired) electrons. The van der Waals surface area contributed by atoms with Crippen LogP contribution in [0.3, 0.4) is 0 Å². The molecule has 1 heterocycles. The Morgan fingerprint density at radius 2 is 2.38 bits per heavy atom. The van der Waals surface area contributed by atoms with E-state index in [2.05, 4.69) is 0 Å². The zero-order valence-electron chi connectivity index (χ0n) is 6.93. The maximum absolute atomic E-state index is 10.6. The van der Waals surface area contributed by atoms with Crippen LogP contribution >= 0.6 is 0 Å². The van der Waals surface area contributed by atoms with Crippen LogP contribution in [0.15, 0.2) is 12.3 Å². The molecule has 0 saturated heterocycles. The first kappa shape index (κ1) is 9.24. The van der Waals surface area contributed by atoms with Gasteiger partial charge in [0.05, 0.1) is 4.92 Å². The van der Waals surface area contributed by atoms with Crippen molar-refractivity contribution in [2.45, 2.75) is 13.5 Å². The second kappa shape index (κ2) is 3.26. The summed E-state index contributed by atoms with van der Waals surface area (Å²) < 4.78 is 1.32. The number of aromatic nitrogens is 1. The quantitative estimate of drug-likeness (QED) is 0.563. The van der Waals surface area contributed by atoms with Crippen molar-refractivity contribution in [2.24, 2.45) is 0 Å². The number of hydrogen-bond acceptors (Lipinski definition) is 3. The number of hydrogen-bond donors (Lipinski definition) is 1. The lowest BCUT2D eigenvalue weighted by molar-refractivity contribution is -0.385. The van der Waals surface area contributed by atoms with Crippen LogP contribution in [0.5, 0.6) is 0 Å². The molecule has 0 aliphatic rings. The van der Waals surface area contributed by atoms with E-state index in [1.54, 1.807) is 6.92 Å². The summed E-state index contributed by atoms with van der Waals surface area (Å²) in [6.45, 7) is 2.12. The van der Waals surface area contributed by atoms with E-state index in [9.17, 15) is 14.9 Å². The van der Waals surface area contributed by atoms with E-state index in [1.807, 2.05) is 0 Å². The van der Waals surface area contributed by atoms with Gasteiger partial charge in [-0.05, 0) is 6.92 Å². The van der Waals surface area contributed by atoms with Gasteiger partial charge in [0.15, 0.2) is 0 Å². The number of carbonyl (C=O) groups is 1. The van der Waals surface area contributed by atoms with E-state index < -0.39 is 10.9 Å². The number of nitro groups is 1. The fourth-order valence-electron chi connectivity index (χ4n) is 1.10. The van der Waals surface area contributed by atoms with Gasteiger partial charge in [0, 0.05) is 18.8 Å². The summed E-state index contributed by atoms with van der Waals surface area (Å²) in [5.74, 6) is -1.28. The molecule has 0 bridgehead atoms. The molecule has 0 spiro atoms. The summed E-state index contributed by atoms with van der Waals surface area (Å²) >= 11 is 0. The third-order valence-electron chi connectivity index (χ3n) is 1.68. The van der Waals surface area contributed by atoms with Crippen molar-refractivity contribution in [2.75, 3.05) is 0 Å². The van der Waals surface area contributed by atoms with Gasteiger partial charge in [-0.1, -0.05) is 0 Å². The molecule has 1 aromatic heterocycles. The molecule has 0 amide bonds. The summed E-state index contributed by atoms with van der Waals surface area (Å²) in [4.78, 5) is 20.3. The number of carboxylic acid groups (broad SMARTS) is 1. The van der Waals surface area contributed by atoms with Crippen LogP contribution in [0.1, 0.15) is 17.4 Å². The van der Waals surface area contributed by atoms with E-state index >= 15 is 0 Å². The molecule has 6 nitrogen and oxygen atoms in total. The average molecular weight is 184 g/mol. The van der Waals surface area contributed by atoms with Crippen molar-refractivity contribution >= 4 is 11.7 Å². The fourth-order valence-corrected chi connectivity index (χ4v) is 1.10. The summed E-state index contributed by atoms with van der Waals surface area (Å²) in [5, 5.41) is 19.1. The van der Waals surface area contributed by atoms with Crippen LogP contribution in [-0.4, -0.2) is 20.6 Å². The first-order chi connectivity index (χ1) is 6.07. The Balaban J connectivity index is 3.30. The van der Waals surface area contributed by atoms with Gasteiger partial charge in [0.1, 0.15) is 0 Å². The number of aryl methyl sites for hydroxylation is 1. The van der Waals surface area contributed by atoms with Gasteiger partial charge in [-0.25, -0.2) is 4.79 Å². The molecule has 0 aliphatic heterocycles. The molecule has 1 N–H and O–H groups in total. The van der Waals surface area contributed by atoms with Gasteiger partial charge < -0.3 is 9.67 Å². The van der Waals surface area contributed by atoms with Gasteiger partial charge in [-0.15, -0.1) is 0 Å². The van der Waals surface area contributed by atoms with Crippen molar-refractivity contribution in [1.82, 2.24) is 4.57 Å². The lowest BCUT2D eigenvalue weighted by Crippen LogP contribution is -2.08. The second-order valence-corrected chi connectivity index (χ2v) is 2.40. The Kier molecular flexibility index (Phi) is 2.32. The maximum atomic E-state index is 10.6. The van der Waals surface area contributed by atoms with Gasteiger partial charge in [0.25, 0.3) is 0 Å². The predicted octanol–water partition coefficient (Wildman–Crippen LogP) is 1.11. The summed E-state index contributed by atoms with van der Waals surface area (Å²) in [7, 11) is 0. The van der Waals surface area contributed by atoms with Crippen molar-refractivity contribution in [1.29, 1.82) is 0 Å². The molecular formula is C7H8N2O4. The van der Waals surface area contributed by atoms with Crippen LogP contribution in [0, 0.1) is 10.1 Å². The van der Waals surface area contributed by atoms with Gasteiger partial charge in [-0.2, -0.15) is 0 Å². The highest BCUT2D eigenvalue weighted by atomic mass is 16.6. The van der Waals surface area contributed by atoms with Crippen molar-refractivity contribution in [3.63, 3.8) is 0 Å². The molecule has 0 aromatic carbocycles. The standard InChI is InChI=1S/C7H8N2O4/c1-2-8-4-3-5(9(12)13)6(8)7(10)11/h3-4H,2H2,1H3,(H,10,11). The molecule has 0 fully saturated rings. The smallest absolute Gasteiger partial charge is 0.359 e. The first-order valence-corrected chi connectivity index (χ1v) is 3.64. The Labute approximate surface area is 73.6 Å². The van der Waals surface area contributed by atoms with E-state index in [1.165, 1.54) is 16.8 Å². The van der Waals surface area contributed by atoms with Crippen LogP contribution in [0.25, 0.3) is 0 Å². The van der Waals surface area contributed by atoms with Gasteiger partial charge >= 0.3 is 11.7 Å². The summed E-state index contributed by atoms with van der Waals surface area (Å²) in [5.41, 5.74) is -0.637. The number of nitrogens with zero attached hydrogens (tertiary/aromatic N) is 2. The van der Waals surface area contributed by atoms with Crippen LogP contribution in [-0.2, 0) is 6.54 Å². The number of rotatable bonds is 3. The predicted molar refractivity (Wildman–Crippen MR) is 43.7 cm³/mol. The first-order valence-electron chi connectivity index (χ1n) is 3.64. The minimum Gasteiger partial charge on any atom is -0.476 e. The molecule has 13 heavy (non-hydrogen) atoms. The van der Waals surface area contributed by atoms with E-state index in [-0.39, 0.29) is 11.4 Å². The topological polar surface area (TPSA) is 85.4 Å². The van der Waals surface area contributed by atoms with E-state index in [4.69, 9.17) is 5.11 Å². The van der Waals surface area contributed by atoms with Gasteiger partial charge in [-0.3, -0.25) is 10.1 Å². The molecule has 0 atom stereocenters. The highest BCUT2D eigenvalue weighted by molar-refractivity contribution is 5.90.